The summed E-state index contributed by atoms with van der Waals surface area (Å²) in [6.07, 6.45) is 9.11. The summed E-state index contributed by atoms with van der Waals surface area (Å²) in [5.41, 5.74) is 5.76. The van der Waals surface area contributed by atoms with Crippen molar-refractivity contribution >= 4 is 0 Å². The van der Waals surface area contributed by atoms with Gasteiger partial charge in [-0.3, -0.25) is 0 Å². The van der Waals surface area contributed by atoms with E-state index >= 15 is 0 Å². The minimum atomic E-state index is 0.108. The lowest BCUT2D eigenvalue weighted by Gasteiger charge is -2.32. The van der Waals surface area contributed by atoms with Gasteiger partial charge >= 0.3 is 0 Å². The van der Waals surface area contributed by atoms with Gasteiger partial charge in [0.25, 0.3) is 0 Å². The predicted molar refractivity (Wildman–Crippen MR) is 89.0 cm³/mol. The Labute approximate surface area is 123 Å². The number of rotatable bonds is 3. The van der Waals surface area contributed by atoms with Crippen molar-refractivity contribution in [3.8, 4) is 12.8 Å². The van der Waals surface area contributed by atoms with Gasteiger partial charge in [0.1, 0.15) is 0 Å². The van der Waals surface area contributed by atoms with Crippen molar-refractivity contribution in [1.82, 2.24) is 0 Å². The number of aryl methyl sites for hydroxylation is 2. The molecule has 0 aliphatic rings. The fourth-order valence-electron chi connectivity index (χ4n) is 2.91. The molecule has 2 aromatic carbocycles. The molecule has 0 radical (unpaired) electrons. The largest absolute Gasteiger partial charge is 0.124 e. The predicted octanol–water partition coefficient (Wildman–Crippen LogP) is 5.27. The maximum absolute atomic E-state index is 4.00. The molecule has 0 aromatic heterocycles. The number of benzene rings is 2. The molecule has 0 spiro atoms. The molecule has 0 fully saturated rings. The molecular weight excluding hydrogens is 240 g/mol. The Kier molecular flexibility index (Phi) is 5.59. The van der Waals surface area contributed by atoms with Crippen LogP contribution in [0.15, 0.2) is 48.5 Å². The third kappa shape index (κ3) is 2.94. The molecule has 104 valence electrons. The van der Waals surface area contributed by atoms with Crippen LogP contribution in [0.2, 0.25) is 0 Å². The summed E-state index contributed by atoms with van der Waals surface area (Å²) in [7, 11) is 0. The highest BCUT2D eigenvalue weighted by atomic mass is 14.3. The van der Waals surface area contributed by atoms with Crippen molar-refractivity contribution < 1.29 is 0 Å². The van der Waals surface area contributed by atoms with E-state index in [1.807, 2.05) is 0 Å². The van der Waals surface area contributed by atoms with Crippen LogP contribution in [-0.4, -0.2) is 0 Å². The molecule has 0 N–H and O–H groups in total. The van der Waals surface area contributed by atoms with Gasteiger partial charge in [-0.1, -0.05) is 62.4 Å². The van der Waals surface area contributed by atoms with Crippen LogP contribution < -0.4 is 0 Å². The van der Waals surface area contributed by atoms with Gasteiger partial charge in [-0.25, -0.2) is 0 Å². The van der Waals surface area contributed by atoms with Gasteiger partial charge < -0.3 is 0 Å². The highest BCUT2D eigenvalue weighted by Crippen LogP contribution is 2.38. The van der Waals surface area contributed by atoms with E-state index in [1.165, 1.54) is 22.3 Å². The first-order valence-electron chi connectivity index (χ1n) is 7.05. The van der Waals surface area contributed by atoms with E-state index in [1.54, 1.807) is 0 Å². The van der Waals surface area contributed by atoms with Gasteiger partial charge in [0, 0.05) is 5.41 Å². The van der Waals surface area contributed by atoms with E-state index in [9.17, 15) is 0 Å². The molecule has 0 nitrogen and oxygen atoms in total. The molecule has 0 amide bonds. The van der Waals surface area contributed by atoms with E-state index < -0.39 is 0 Å². The molecule has 0 saturated heterocycles. The summed E-state index contributed by atoms with van der Waals surface area (Å²) in [4.78, 5) is 0. The Morgan fingerprint density at radius 3 is 1.45 bits per heavy atom. The minimum absolute atomic E-state index is 0.108. The molecule has 0 heteroatoms. The molecule has 0 aliphatic carbocycles. The molecule has 2 rings (SSSR count). The second-order valence-electron chi connectivity index (χ2n) is 5.32. The summed E-state index contributed by atoms with van der Waals surface area (Å²) < 4.78 is 0. The first-order valence-corrected chi connectivity index (χ1v) is 7.05. The van der Waals surface area contributed by atoms with Crippen molar-refractivity contribution in [1.29, 1.82) is 0 Å². The Hall–Kier alpha value is -2.00. The Bertz CT molecular complexity index is 530. The van der Waals surface area contributed by atoms with Crippen molar-refractivity contribution in [3.05, 3.63) is 70.8 Å². The SMILES string of the molecule is C#C.CCC(C)(c1ccccc1C)c1ccccc1C. The van der Waals surface area contributed by atoms with E-state index in [0.717, 1.165) is 6.42 Å². The smallest absolute Gasteiger partial charge is 0.0177 e. The van der Waals surface area contributed by atoms with Gasteiger partial charge in [-0.15, -0.1) is 12.8 Å². The molecular formula is C20H24. The third-order valence-corrected chi connectivity index (χ3v) is 4.19. The zero-order valence-electron chi connectivity index (χ0n) is 13.0. The first-order chi connectivity index (χ1) is 9.59. The average Bonchev–Trinajstić information content (AvgIpc) is 2.49. The summed E-state index contributed by atoms with van der Waals surface area (Å²) in [5.74, 6) is 0. The first kappa shape index (κ1) is 16.1. The number of hydrogen-bond donors (Lipinski definition) is 0. The van der Waals surface area contributed by atoms with Crippen LogP contribution in [0.3, 0.4) is 0 Å². The maximum atomic E-state index is 4.00. The molecule has 2 aromatic rings. The molecule has 0 saturated carbocycles. The molecule has 0 unspecified atom stereocenters. The zero-order chi connectivity index (χ0) is 15.2. The lowest BCUT2D eigenvalue weighted by molar-refractivity contribution is 0.543. The van der Waals surface area contributed by atoms with Crippen LogP contribution in [0.1, 0.15) is 42.5 Å². The summed E-state index contributed by atoms with van der Waals surface area (Å²) in [5, 5.41) is 0. The van der Waals surface area contributed by atoms with Gasteiger partial charge in [0.05, 0.1) is 0 Å². The van der Waals surface area contributed by atoms with Crippen molar-refractivity contribution in [2.75, 3.05) is 0 Å². The van der Waals surface area contributed by atoms with Crippen LogP contribution in [0.5, 0.6) is 0 Å². The van der Waals surface area contributed by atoms with Crippen molar-refractivity contribution in [2.24, 2.45) is 0 Å². The average molecular weight is 264 g/mol. The third-order valence-electron chi connectivity index (χ3n) is 4.19. The Balaban J connectivity index is 0.000000956. The summed E-state index contributed by atoms with van der Waals surface area (Å²) in [6.45, 7) is 9.06. The molecule has 0 heterocycles. The van der Waals surface area contributed by atoms with Gasteiger partial charge in [-0.05, 0) is 42.5 Å². The van der Waals surface area contributed by atoms with Crippen LogP contribution in [-0.2, 0) is 5.41 Å². The highest BCUT2D eigenvalue weighted by molar-refractivity contribution is 5.45. The second kappa shape index (κ2) is 6.96. The van der Waals surface area contributed by atoms with Gasteiger partial charge in [-0.2, -0.15) is 0 Å². The van der Waals surface area contributed by atoms with Crippen LogP contribution in [0.4, 0.5) is 0 Å². The normalized spacial score (nSPS) is 10.5. The zero-order valence-corrected chi connectivity index (χ0v) is 13.0. The standard InChI is InChI=1S/C18H22.C2H2/c1-5-18(4,16-12-8-6-10-14(16)2)17-13-9-7-11-15(17)3;1-2/h6-13H,5H2,1-4H3;1-2H. The topological polar surface area (TPSA) is 0 Å². The molecule has 0 aliphatic heterocycles. The van der Waals surface area contributed by atoms with E-state index in [2.05, 4.69) is 89.1 Å². The van der Waals surface area contributed by atoms with Crippen LogP contribution in [0, 0.1) is 26.7 Å². The quantitative estimate of drug-likeness (QED) is 0.663. The fourth-order valence-corrected chi connectivity index (χ4v) is 2.91. The number of terminal acetylenes is 1. The van der Waals surface area contributed by atoms with Crippen molar-refractivity contribution in [2.45, 2.75) is 39.5 Å². The molecule has 0 bridgehead atoms. The minimum Gasteiger partial charge on any atom is -0.124 e. The highest BCUT2D eigenvalue weighted by Gasteiger charge is 2.29. The monoisotopic (exact) mass is 264 g/mol. The molecule has 20 heavy (non-hydrogen) atoms. The van der Waals surface area contributed by atoms with E-state index in [-0.39, 0.29) is 5.41 Å². The maximum Gasteiger partial charge on any atom is 0.0177 e. The van der Waals surface area contributed by atoms with Crippen molar-refractivity contribution in [3.63, 3.8) is 0 Å². The summed E-state index contributed by atoms with van der Waals surface area (Å²) >= 11 is 0. The number of hydrogen-bond acceptors (Lipinski definition) is 0. The van der Waals surface area contributed by atoms with E-state index in [0.29, 0.717) is 0 Å². The van der Waals surface area contributed by atoms with Crippen LogP contribution >= 0.6 is 0 Å². The van der Waals surface area contributed by atoms with Gasteiger partial charge in [0.2, 0.25) is 0 Å². The Morgan fingerprint density at radius 1 is 0.800 bits per heavy atom. The molecule has 0 atom stereocenters. The summed E-state index contributed by atoms with van der Waals surface area (Å²) in [6, 6.07) is 17.5. The Morgan fingerprint density at radius 2 is 1.15 bits per heavy atom. The van der Waals surface area contributed by atoms with E-state index in [4.69, 9.17) is 0 Å². The lowest BCUT2D eigenvalue weighted by atomic mass is 9.71. The van der Waals surface area contributed by atoms with Gasteiger partial charge in [0.15, 0.2) is 0 Å². The fraction of sp³-hybridized carbons (Fsp3) is 0.300. The lowest BCUT2D eigenvalue weighted by Crippen LogP contribution is -2.24. The van der Waals surface area contributed by atoms with Crippen LogP contribution in [0.25, 0.3) is 0 Å². The second-order valence-corrected chi connectivity index (χ2v) is 5.32.